The van der Waals surface area contributed by atoms with Crippen LogP contribution in [-0.2, 0) is 0 Å². The molecule has 0 aliphatic heterocycles. The van der Waals surface area contributed by atoms with Gasteiger partial charge in [0.05, 0.1) is 0 Å². The van der Waals surface area contributed by atoms with Gasteiger partial charge < -0.3 is 12.9 Å². The molecule has 0 N–H and O–H groups in total. The van der Waals surface area contributed by atoms with E-state index in [0.29, 0.717) is 11.7 Å². The third-order valence-corrected chi connectivity index (χ3v) is 2.82. The van der Waals surface area contributed by atoms with Gasteiger partial charge in [-0.25, -0.2) is 0 Å². The summed E-state index contributed by atoms with van der Waals surface area (Å²) >= 11 is 0.996. The summed E-state index contributed by atoms with van der Waals surface area (Å²) in [6.45, 7) is -0.616. The van der Waals surface area contributed by atoms with Gasteiger partial charge in [-0.05, 0) is 17.3 Å². The van der Waals surface area contributed by atoms with Crippen molar-refractivity contribution in [3.8, 4) is 0 Å². The summed E-state index contributed by atoms with van der Waals surface area (Å²) in [4.78, 5) is 0. The first kappa shape index (κ1) is 16.3. The van der Waals surface area contributed by atoms with Crippen molar-refractivity contribution in [1.82, 2.24) is 0 Å². The molecule has 0 bridgehead atoms. The summed E-state index contributed by atoms with van der Waals surface area (Å²) in [5, 5.41) is 0. The minimum absolute atomic E-state index is 0. The number of rotatable bonds is 5. The van der Waals surface area contributed by atoms with Crippen molar-refractivity contribution in [3.63, 3.8) is 0 Å². The van der Waals surface area contributed by atoms with Crippen LogP contribution in [0.2, 0.25) is 0 Å². The minimum atomic E-state index is -4.57. The fourth-order valence-corrected chi connectivity index (χ4v) is 1.56. The van der Waals surface area contributed by atoms with Crippen LogP contribution in [0, 0.1) is 5.92 Å². The third-order valence-electron chi connectivity index (χ3n) is 1.41. The van der Waals surface area contributed by atoms with Crippen molar-refractivity contribution in [1.29, 1.82) is 0 Å². The fraction of sp³-hybridized carbons (Fsp3) is 1.00. The zero-order chi connectivity index (χ0) is 8.91. The van der Waals surface area contributed by atoms with Crippen LogP contribution < -0.4 is 51.4 Å². The second-order valence-corrected chi connectivity index (χ2v) is 3.84. The van der Waals surface area contributed by atoms with Gasteiger partial charge in [-0.15, -0.1) is 0 Å². The van der Waals surface area contributed by atoms with Crippen molar-refractivity contribution >= 4 is 18.7 Å². The van der Waals surface area contributed by atoms with Crippen LogP contribution in [0.4, 0.5) is 12.9 Å². The Kier molecular flexibility index (Phi) is 11.1. The van der Waals surface area contributed by atoms with Crippen LogP contribution >= 0.6 is 11.8 Å². The standard InChI is InChI=1S/C6H13BF3S.K/c1-3-6(2)4-11-5-7(8,9)10;/h6H,3-5H2,1-2H3;/q-1;+1. The molecule has 0 aromatic rings. The predicted molar refractivity (Wildman–Crippen MR) is 45.9 cm³/mol. The van der Waals surface area contributed by atoms with E-state index < -0.39 is 12.6 Å². The molecule has 68 valence electrons. The van der Waals surface area contributed by atoms with E-state index in [2.05, 4.69) is 0 Å². The molecule has 0 saturated heterocycles. The second kappa shape index (κ2) is 8.17. The first-order valence-corrected chi connectivity index (χ1v) is 4.90. The van der Waals surface area contributed by atoms with E-state index in [4.69, 9.17) is 0 Å². The Morgan fingerprint density at radius 2 is 1.83 bits per heavy atom. The van der Waals surface area contributed by atoms with Crippen LogP contribution in [0.3, 0.4) is 0 Å². The number of halogens is 3. The van der Waals surface area contributed by atoms with Gasteiger partial charge >= 0.3 is 58.4 Å². The van der Waals surface area contributed by atoms with E-state index in [0.717, 1.165) is 18.2 Å². The van der Waals surface area contributed by atoms with Gasteiger partial charge in [0.15, 0.2) is 0 Å². The summed E-state index contributed by atoms with van der Waals surface area (Å²) in [5.41, 5.74) is -0.648. The van der Waals surface area contributed by atoms with Gasteiger partial charge in [0.25, 0.3) is 0 Å². The Morgan fingerprint density at radius 1 is 1.33 bits per heavy atom. The molecule has 0 spiro atoms. The van der Waals surface area contributed by atoms with E-state index in [9.17, 15) is 12.9 Å². The smallest absolute Gasteiger partial charge is 0.448 e. The van der Waals surface area contributed by atoms with E-state index in [1.165, 1.54) is 0 Å². The Bertz CT molecular complexity index is 109. The molecule has 0 aromatic carbocycles. The maximum Gasteiger partial charge on any atom is 1.00 e. The zero-order valence-electron chi connectivity index (χ0n) is 7.82. The normalized spacial score (nSPS) is 13.8. The van der Waals surface area contributed by atoms with Gasteiger partial charge in [0.1, 0.15) is 0 Å². The third kappa shape index (κ3) is 11.8. The molecule has 0 aliphatic carbocycles. The van der Waals surface area contributed by atoms with Crippen LogP contribution in [0.1, 0.15) is 20.3 Å². The van der Waals surface area contributed by atoms with E-state index in [-0.39, 0.29) is 51.4 Å². The topological polar surface area (TPSA) is 0 Å². The summed E-state index contributed by atoms with van der Waals surface area (Å²) in [5.74, 6) is 1.02. The van der Waals surface area contributed by atoms with Gasteiger partial charge in [-0.3, -0.25) is 0 Å². The Labute approximate surface area is 119 Å². The second-order valence-electron chi connectivity index (χ2n) is 2.76. The Hall–Kier alpha value is 1.84. The summed E-state index contributed by atoms with van der Waals surface area (Å²) in [6.07, 6.45) is 0.956. The summed E-state index contributed by atoms with van der Waals surface area (Å²) < 4.78 is 35.0. The molecular weight excluding hydrogens is 211 g/mol. The molecule has 0 rings (SSSR count). The number of hydrogen-bond acceptors (Lipinski definition) is 1. The van der Waals surface area contributed by atoms with Gasteiger partial charge in [0.2, 0.25) is 0 Å². The zero-order valence-corrected chi connectivity index (χ0v) is 11.8. The van der Waals surface area contributed by atoms with Crippen LogP contribution in [0.15, 0.2) is 0 Å². The monoisotopic (exact) mass is 224 g/mol. The van der Waals surface area contributed by atoms with Crippen molar-refractivity contribution in [2.75, 3.05) is 11.4 Å². The quantitative estimate of drug-likeness (QED) is 0.599. The molecule has 1 atom stereocenters. The van der Waals surface area contributed by atoms with Crippen molar-refractivity contribution in [2.24, 2.45) is 5.92 Å². The van der Waals surface area contributed by atoms with Crippen LogP contribution in [0.25, 0.3) is 0 Å². The SMILES string of the molecule is CCC(C)CSC[B-](F)(F)F.[K+]. The number of thioether (sulfide) groups is 1. The Balaban J connectivity index is 0. The maximum absolute atomic E-state index is 11.7. The molecule has 12 heavy (non-hydrogen) atoms. The molecule has 0 amide bonds. The molecule has 0 aromatic heterocycles. The van der Waals surface area contributed by atoms with Crippen molar-refractivity contribution in [2.45, 2.75) is 20.3 Å². The largest absolute Gasteiger partial charge is 1.00 e. The van der Waals surface area contributed by atoms with Gasteiger partial charge in [0, 0.05) is 0 Å². The first-order valence-electron chi connectivity index (χ1n) is 3.74. The van der Waals surface area contributed by atoms with Crippen molar-refractivity contribution < 1.29 is 64.3 Å². The first-order chi connectivity index (χ1) is 4.95. The fourth-order valence-electron chi connectivity index (χ4n) is 0.521. The summed E-state index contributed by atoms with van der Waals surface area (Å²) in [7, 11) is 0. The maximum atomic E-state index is 11.7. The molecule has 0 radical (unpaired) electrons. The molecule has 0 nitrogen and oxygen atoms in total. The van der Waals surface area contributed by atoms with E-state index in [1.807, 2.05) is 13.8 Å². The molecule has 0 saturated carbocycles. The van der Waals surface area contributed by atoms with E-state index >= 15 is 0 Å². The predicted octanol–water partition coefficient (Wildman–Crippen LogP) is 0.156. The molecule has 1 unspecified atom stereocenters. The summed E-state index contributed by atoms with van der Waals surface area (Å²) in [6, 6.07) is 0. The van der Waals surface area contributed by atoms with Gasteiger partial charge in [-0.1, -0.05) is 20.3 Å². The molecular formula is C6H13BF3KS. The average molecular weight is 224 g/mol. The van der Waals surface area contributed by atoms with Crippen molar-refractivity contribution in [3.05, 3.63) is 0 Å². The van der Waals surface area contributed by atoms with Gasteiger partial charge in [-0.2, -0.15) is 11.8 Å². The Morgan fingerprint density at radius 3 is 2.17 bits per heavy atom. The average Bonchev–Trinajstić information content (AvgIpc) is 1.85. The van der Waals surface area contributed by atoms with Crippen LogP contribution in [0.5, 0.6) is 0 Å². The molecule has 0 heterocycles. The minimum Gasteiger partial charge on any atom is -0.448 e. The molecule has 6 heteroatoms. The molecule has 0 fully saturated rings. The van der Waals surface area contributed by atoms with E-state index in [1.54, 1.807) is 0 Å². The number of hydrogen-bond donors (Lipinski definition) is 0. The van der Waals surface area contributed by atoms with Crippen LogP contribution in [-0.4, -0.2) is 18.4 Å². The molecule has 0 aliphatic rings.